The SMILES string of the molecule is COc1ccc(NC(=S)NC(C)c2ccc(F)cc2)cc1Cl. The second kappa shape index (κ2) is 7.42. The van der Waals surface area contributed by atoms with Crippen LogP contribution in [0.5, 0.6) is 5.75 Å². The second-order valence-electron chi connectivity index (χ2n) is 4.72. The molecule has 2 aromatic carbocycles. The van der Waals surface area contributed by atoms with Crippen LogP contribution >= 0.6 is 23.8 Å². The van der Waals surface area contributed by atoms with Crippen molar-refractivity contribution < 1.29 is 9.13 Å². The van der Waals surface area contributed by atoms with E-state index in [1.165, 1.54) is 12.1 Å². The Balaban J connectivity index is 1.97. The summed E-state index contributed by atoms with van der Waals surface area (Å²) in [6.07, 6.45) is 0. The van der Waals surface area contributed by atoms with E-state index in [-0.39, 0.29) is 11.9 Å². The molecular weight excluding hydrogens is 323 g/mol. The van der Waals surface area contributed by atoms with E-state index in [1.54, 1.807) is 31.4 Å². The molecule has 1 unspecified atom stereocenters. The Morgan fingerprint density at radius 1 is 1.23 bits per heavy atom. The molecule has 0 saturated carbocycles. The van der Waals surface area contributed by atoms with E-state index in [2.05, 4.69) is 10.6 Å². The van der Waals surface area contributed by atoms with Crippen LogP contribution in [0.15, 0.2) is 42.5 Å². The number of halogens is 2. The lowest BCUT2D eigenvalue weighted by molar-refractivity contribution is 0.415. The van der Waals surface area contributed by atoms with Crippen LogP contribution in [0.3, 0.4) is 0 Å². The zero-order valence-electron chi connectivity index (χ0n) is 12.2. The lowest BCUT2D eigenvalue weighted by Crippen LogP contribution is -2.30. The third-order valence-corrected chi connectivity index (χ3v) is 3.64. The van der Waals surface area contributed by atoms with Gasteiger partial charge in [-0.2, -0.15) is 0 Å². The van der Waals surface area contributed by atoms with Crippen LogP contribution in [-0.4, -0.2) is 12.2 Å². The monoisotopic (exact) mass is 338 g/mol. The standard InChI is InChI=1S/C16H16ClFN2OS/c1-10(11-3-5-12(18)6-4-11)19-16(22)20-13-7-8-15(21-2)14(17)9-13/h3-10H,1-2H3,(H2,19,20,22). The summed E-state index contributed by atoms with van der Waals surface area (Å²) >= 11 is 11.3. The summed E-state index contributed by atoms with van der Waals surface area (Å²) in [6, 6.07) is 11.6. The first-order valence-corrected chi connectivity index (χ1v) is 7.44. The van der Waals surface area contributed by atoms with Crippen LogP contribution < -0.4 is 15.4 Å². The van der Waals surface area contributed by atoms with Gasteiger partial charge in [-0.1, -0.05) is 23.7 Å². The van der Waals surface area contributed by atoms with Crippen molar-refractivity contribution in [2.45, 2.75) is 13.0 Å². The number of hydrogen-bond acceptors (Lipinski definition) is 2. The highest BCUT2D eigenvalue weighted by molar-refractivity contribution is 7.80. The number of thiocarbonyl (C=S) groups is 1. The maximum Gasteiger partial charge on any atom is 0.171 e. The summed E-state index contributed by atoms with van der Waals surface area (Å²) in [6.45, 7) is 1.95. The highest BCUT2D eigenvalue weighted by Gasteiger charge is 2.08. The molecule has 0 bridgehead atoms. The van der Waals surface area contributed by atoms with E-state index >= 15 is 0 Å². The maximum atomic E-state index is 12.9. The van der Waals surface area contributed by atoms with E-state index in [1.807, 2.05) is 13.0 Å². The fraction of sp³-hybridized carbons (Fsp3) is 0.188. The Hall–Kier alpha value is -1.85. The molecule has 22 heavy (non-hydrogen) atoms. The van der Waals surface area contributed by atoms with Crippen molar-refractivity contribution in [2.24, 2.45) is 0 Å². The summed E-state index contributed by atoms with van der Waals surface area (Å²) in [7, 11) is 1.56. The van der Waals surface area contributed by atoms with Crippen molar-refractivity contribution in [1.29, 1.82) is 0 Å². The molecule has 3 nitrogen and oxygen atoms in total. The van der Waals surface area contributed by atoms with Gasteiger partial charge in [-0.15, -0.1) is 0 Å². The highest BCUT2D eigenvalue weighted by Crippen LogP contribution is 2.27. The Kier molecular flexibility index (Phi) is 5.57. The topological polar surface area (TPSA) is 33.3 Å². The molecule has 2 N–H and O–H groups in total. The van der Waals surface area contributed by atoms with Gasteiger partial charge in [-0.05, 0) is 55.0 Å². The van der Waals surface area contributed by atoms with Gasteiger partial charge in [0.05, 0.1) is 18.2 Å². The normalized spacial score (nSPS) is 11.6. The van der Waals surface area contributed by atoms with Gasteiger partial charge >= 0.3 is 0 Å². The van der Waals surface area contributed by atoms with Crippen molar-refractivity contribution in [1.82, 2.24) is 5.32 Å². The van der Waals surface area contributed by atoms with Gasteiger partial charge in [0, 0.05) is 5.69 Å². The van der Waals surface area contributed by atoms with Crippen LogP contribution in [0.25, 0.3) is 0 Å². The third kappa shape index (κ3) is 4.32. The summed E-state index contributed by atoms with van der Waals surface area (Å²) < 4.78 is 18.0. The molecule has 0 aliphatic rings. The number of hydrogen-bond donors (Lipinski definition) is 2. The molecule has 0 heterocycles. The molecule has 116 valence electrons. The molecule has 6 heteroatoms. The Labute approximate surface area is 139 Å². The number of anilines is 1. The van der Waals surface area contributed by atoms with Gasteiger partial charge in [0.15, 0.2) is 5.11 Å². The minimum Gasteiger partial charge on any atom is -0.495 e. The fourth-order valence-electron chi connectivity index (χ4n) is 1.94. The van der Waals surface area contributed by atoms with Gasteiger partial charge in [0.1, 0.15) is 11.6 Å². The van der Waals surface area contributed by atoms with E-state index in [9.17, 15) is 4.39 Å². The van der Waals surface area contributed by atoms with Gasteiger partial charge < -0.3 is 15.4 Å². The van der Waals surface area contributed by atoms with Crippen LogP contribution in [-0.2, 0) is 0 Å². The summed E-state index contributed by atoms with van der Waals surface area (Å²) in [5.74, 6) is 0.343. The molecule has 0 amide bonds. The van der Waals surface area contributed by atoms with Gasteiger partial charge in [-0.3, -0.25) is 0 Å². The average molecular weight is 339 g/mol. The number of nitrogens with one attached hydrogen (secondary N) is 2. The number of rotatable bonds is 4. The van der Waals surface area contributed by atoms with E-state index < -0.39 is 0 Å². The molecule has 0 radical (unpaired) electrons. The van der Waals surface area contributed by atoms with E-state index in [4.69, 9.17) is 28.6 Å². The van der Waals surface area contributed by atoms with Crippen molar-refractivity contribution in [3.8, 4) is 5.75 Å². The number of benzene rings is 2. The molecule has 1 atom stereocenters. The molecule has 0 saturated heterocycles. The minimum absolute atomic E-state index is 0.0469. The summed E-state index contributed by atoms with van der Waals surface area (Å²) in [5, 5.41) is 7.15. The number of ether oxygens (including phenoxy) is 1. The quantitative estimate of drug-likeness (QED) is 0.802. The van der Waals surface area contributed by atoms with Crippen molar-refractivity contribution in [2.75, 3.05) is 12.4 Å². The zero-order chi connectivity index (χ0) is 16.1. The lowest BCUT2D eigenvalue weighted by atomic mass is 10.1. The first-order chi connectivity index (χ1) is 10.5. The lowest BCUT2D eigenvalue weighted by Gasteiger charge is -2.17. The molecule has 0 aromatic heterocycles. The number of methoxy groups -OCH3 is 1. The maximum absolute atomic E-state index is 12.9. The first kappa shape index (κ1) is 16.5. The minimum atomic E-state index is -0.260. The Bertz CT molecular complexity index is 664. The van der Waals surface area contributed by atoms with Gasteiger partial charge in [0.25, 0.3) is 0 Å². The second-order valence-corrected chi connectivity index (χ2v) is 5.54. The van der Waals surface area contributed by atoms with Crippen molar-refractivity contribution in [3.05, 3.63) is 58.9 Å². The van der Waals surface area contributed by atoms with Gasteiger partial charge in [0.2, 0.25) is 0 Å². The van der Waals surface area contributed by atoms with Crippen LogP contribution in [0, 0.1) is 5.82 Å². The smallest absolute Gasteiger partial charge is 0.171 e. The zero-order valence-corrected chi connectivity index (χ0v) is 13.8. The molecule has 0 aliphatic heterocycles. The average Bonchev–Trinajstić information content (AvgIpc) is 2.48. The van der Waals surface area contributed by atoms with Crippen LogP contribution in [0.4, 0.5) is 10.1 Å². The summed E-state index contributed by atoms with van der Waals surface area (Å²) in [5.41, 5.74) is 1.70. The molecular formula is C16H16ClFN2OS. The van der Waals surface area contributed by atoms with Crippen molar-refractivity contribution >= 4 is 34.6 Å². The van der Waals surface area contributed by atoms with Crippen LogP contribution in [0.2, 0.25) is 5.02 Å². The predicted molar refractivity (Wildman–Crippen MR) is 92.2 cm³/mol. The predicted octanol–water partition coefficient (Wildman–Crippen LogP) is 4.54. The molecule has 0 fully saturated rings. The Morgan fingerprint density at radius 3 is 2.50 bits per heavy atom. The van der Waals surface area contributed by atoms with Crippen LogP contribution in [0.1, 0.15) is 18.5 Å². The van der Waals surface area contributed by atoms with E-state index in [0.29, 0.717) is 15.9 Å². The molecule has 2 rings (SSSR count). The Morgan fingerprint density at radius 2 is 1.91 bits per heavy atom. The molecule has 2 aromatic rings. The van der Waals surface area contributed by atoms with Crippen molar-refractivity contribution in [3.63, 3.8) is 0 Å². The van der Waals surface area contributed by atoms with Gasteiger partial charge in [-0.25, -0.2) is 4.39 Å². The molecule has 0 aliphatic carbocycles. The first-order valence-electron chi connectivity index (χ1n) is 6.66. The largest absolute Gasteiger partial charge is 0.495 e. The summed E-state index contributed by atoms with van der Waals surface area (Å²) in [4.78, 5) is 0. The fourth-order valence-corrected chi connectivity index (χ4v) is 2.50. The van der Waals surface area contributed by atoms with E-state index in [0.717, 1.165) is 11.3 Å². The third-order valence-electron chi connectivity index (χ3n) is 3.13. The molecule has 0 spiro atoms. The highest BCUT2D eigenvalue weighted by atomic mass is 35.5.